The number of benzene rings is 1. The van der Waals surface area contributed by atoms with Crippen molar-refractivity contribution in [2.75, 3.05) is 0 Å². The third-order valence-corrected chi connectivity index (χ3v) is 2.35. The third kappa shape index (κ3) is 1.33. The summed E-state index contributed by atoms with van der Waals surface area (Å²) < 4.78 is 4.36. The first-order valence-electron chi connectivity index (χ1n) is 3.91. The molecule has 0 saturated carbocycles. The number of rotatable bonds is 0. The lowest BCUT2D eigenvalue weighted by Gasteiger charge is -1.99. The summed E-state index contributed by atoms with van der Waals surface area (Å²) in [5.74, 6) is -0.760. The number of aryl methyl sites for hydroxylation is 1. The lowest BCUT2D eigenvalue weighted by molar-refractivity contribution is 0.460. The van der Waals surface area contributed by atoms with Gasteiger partial charge < -0.3 is 4.42 Å². The van der Waals surface area contributed by atoms with Crippen molar-refractivity contribution in [2.45, 2.75) is 6.92 Å². The van der Waals surface area contributed by atoms with E-state index in [2.05, 4.69) is 9.40 Å². The van der Waals surface area contributed by atoms with E-state index >= 15 is 0 Å². The third-order valence-electron chi connectivity index (χ3n) is 1.94. The summed E-state index contributed by atoms with van der Waals surface area (Å²) in [7, 11) is 0. The van der Waals surface area contributed by atoms with Crippen LogP contribution in [0.3, 0.4) is 0 Å². The van der Waals surface area contributed by atoms with Crippen LogP contribution in [-0.2, 0) is 0 Å². The van der Waals surface area contributed by atoms with E-state index in [4.69, 9.17) is 11.6 Å². The molecule has 0 atom stereocenters. The normalized spacial score (nSPS) is 10.7. The second-order valence-corrected chi connectivity index (χ2v) is 3.36. The number of aromatic nitrogens is 1. The van der Waals surface area contributed by atoms with E-state index in [9.17, 15) is 9.59 Å². The zero-order chi connectivity index (χ0) is 10.3. The minimum atomic E-state index is -0.760. The van der Waals surface area contributed by atoms with E-state index < -0.39 is 11.4 Å². The maximum atomic E-state index is 11.2. The van der Waals surface area contributed by atoms with Crippen LogP contribution in [0.15, 0.2) is 26.1 Å². The molecule has 0 unspecified atom stereocenters. The van der Waals surface area contributed by atoms with Gasteiger partial charge in [0.25, 0.3) is 0 Å². The molecule has 5 heteroatoms. The fourth-order valence-corrected chi connectivity index (χ4v) is 1.39. The van der Waals surface area contributed by atoms with E-state index in [1.165, 1.54) is 6.07 Å². The maximum Gasteiger partial charge on any atom is 0.419 e. The highest BCUT2D eigenvalue weighted by atomic mass is 35.5. The molecule has 4 nitrogen and oxygen atoms in total. The Kier molecular flexibility index (Phi) is 1.93. The van der Waals surface area contributed by atoms with E-state index in [-0.39, 0.29) is 5.39 Å². The van der Waals surface area contributed by atoms with Gasteiger partial charge in [0, 0.05) is 5.02 Å². The maximum absolute atomic E-state index is 11.2. The summed E-state index contributed by atoms with van der Waals surface area (Å²) in [5.41, 5.74) is 0.555. The second-order valence-electron chi connectivity index (χ2n) is 2.95. The molecule has 1 aromatic heterocycles. The highest BCUT2D eigenvalue weighted by molar-refractivity contribution is 6.32. The minimum absolute atomic E-state index is 0.278. The van der Waals surface area contributed by atoms with Gasteiger partial charge in [0.05, 0.1) is 10.9 Å². The molecule has 0 aliphatic carbocycles. The predicted octanol–water partition coefficient (Wildman–Crippen LogP) is 1.44. The topological polar surface area (TPSA) is 63.1 Å². The molecular weight excluding hydrogens is 206 g/mol. The van der Waals surface area contributed by atoms with Crippen molar-refractivity contribution in [3.8, 4) is 0 Å². The summed E-state index contributed by atoms with van der Waals surface area (Å²) in [4.78, 5) is 24.5. The van der Waals surface area contributed by atoms with Gasteiger partial charge in [0.15, 0.2) is 0 Å². The zero-order valence-corrected chi connectivity index (χ0v) is 8.01. The SMILES string of the molecule is Cc1cc2[nH]c(=O)oc(=O)c2cc1Cl. The van der Waals surface area contributed by atoms with Gasteiger partial charge in [-0.2, -0.15) is 0 Å². The van der Waals surface area contributed by atoms with Crippen LogP contribution in [0, 0.1) is 6.92 Å². The van der Waals surface area contributed by atoms with Crippen LogP contribution in [0.1, 0.15) is 5.56 Å². The summed E-state index contributed by atoms with van der Waals surface area (Å²) >= 11 is 5.83. The molecule has 1 heterocycles. The average Bonchev–Trinajstić information content (AvgIpc) is 2.08. The highest BCUT2D eigenvalue weighted by Gasteiger charge is 2.05. The molecule has 0 fully saturated rings. The summed E-state index contributed by atoms with van der Waals surface area (Å²) in [6.45, 7) is 1.79. The lowest BCUT2D eigenvalue weighted by atomic mass is 10.2. The van der Waals surface area contributed by atoms with Crippen molar-refractivity contribution >= 4 is 22.5 Å². The van der Waals surface area contributed by atoms with E-state index in [0.29, 0.717) is 10.5 Å². The van der Waals surface area contributed by atoms with Crippen molar-refractivity contribution in [3.63, 3.8) is 0 Å². The average molecular weight is 212 g/mol. The molecule has 0 radical (unpaired) electrons. The molecule has 1 aromatic carbocycles. The molecule has 0 aliphatic rings. The number of hydrogen-bond donors (Lipinski definition) is 1. The number of fused-ring (bicyclic) bond motifs is 1. The number of nitrogens with one attached hydrogen (secondary N) is 1. The van der Waals surface area contributed by atoms with Gasteiger partial charge in [-0.3, -0.25) is 4.98 Å². The van der Waals surface area contributed by atoms with Gasteiger partial charge in [-0.05, 0) is 24.6 Å². The van der Waals surface area contributed by atoms with Crippen LogP contribution < -0.4 is 11.4 Å². The first kappa shape index (κ1) is 9.02. The summed E-state index contributed by atoms with van der Waals surface area (Å²) in [6, 6.07) is 3.12. The van der Waals surface area contributed by atoms with Crippen molar-refractivity contribution < 1.29 is 4.42 Å². The van der Waals surface area contributed by atoms with Crippen LogP contribution in [-0.4, -0.2) is 4.98 Å². The van der Waals surface area contributed by atoms with E-state index in [0.717, 1.165) is 5.56 Å². The van der Waals surface area contributed by atoms with Gasteiger partial charge in [-0.15, -0.1) is 0 Å². The van der Waals surface area contributed by atoms with Gasteiger partial charge in [-0.25, -0.2) is 9.59 Å². The molecule has 0 saturated heterocycles. The Bertz CT molecular complexity index is 611. The van der Waals surface area contributed by atoms with Crippen molar-refractivity contribution in [1.82, 2.24) is 4.98 Å². The lowest BCUT2D eigenvalue weighted by Crippen LogP contribution is -2.14. The fraction of sp³-hybridized carbons (Fsp3) is 0.111. The summed E-state index contributed by atoms with van der Waals surface area (Å²) in [5, 5.41) is 0.747. The Morgan fingerprint density at radius 1 is 1.36 bits per heavy atom. The first-order chi connectivity index (χ1) is 6.58. The van der Waals surface area contributed by atoms with Crippen LogP contribution in [0.2, 0.25) is 5.02 Å². The van der Waals surface area contributed by atoms with Crippen molar-refractivity contribution in [3.05, 3.63) is 43.7 Å². The molecular formula is C9H6ClNO3. The van der Waals surface area contributed by atoms with Crippen molar-refractivity contribution in [1.29, 1.82) is 0 Å². The largest absolute Gasteiger partial charge is 0.419 e. The van der Waals surface area contributed by atoms with Gasteiger partial charge in [0.1, 0.15) is 0 Å². The molecule has 0 bridgehead atoms. The van der Waals surface area contributed by atoms with E-state index in [1.807, 2.05) is 0 Å². The minimum Gasteiger partial charge on any atom is -0.372 e. The Balaban J connectivity index is 3.03. The van der Waals surface area contributed by atoms with Gasteiger partial charge >= 0.3 is 11.4 Å². The zero-order valence-electron chi connectivity index (χ0n) is 7.26. The number of H-pyrrole nitrogens is 1. The van der Waals surface area contributed by atoms with Gasteiger partial charge in [0.2, 0.25) is 0 Å². The van der Waals surface area contributed by atoms with Crippen LogP contribution in [0.4, 0.5) is 0 Å². The monoisotopic (exact) mass is 211 g/mol. The number of aromatic amines is 1. The summed E-state index contributed by atoms with van der Waals surface area (Å²) in [6.07, 6.45) is 0. The molecule has 0 aliphatic heterocycles. The highest BCUT2D eigenvalue weighted by Crippen LogP contribution is 2.18. The van der Waals surface area contributed by atoms with E-state index in [1.54, 1.807) is 13.0 Å². The van der Waals surface area contributed by atoms with Gasteiger partial charge in [-0.1, -0.05) is 11.6 Å². The Morgan fingerprint density at radius 3 is 2.79 bits per heavy atom. The molecule has 0 spiro atoms. The Morgan fingerprint density at radius 2 is 2.07 bits per heavy atom. The molecule has 1 N–H and O–H groups in total. The first-order valence-corrected chi connectivity index (χ1v) is 4.29. The fourth-order valence-electron chi connectivity index (χ4n) is 1.23. The molecule has 0 amide bonds. The van der Waals surface area contributed by atoms with Crippen LogP contribution in [0.25, 0.3) is 10.9 Å². The smallest absolute Gasteiger partial charge is 0.372 e. The molecule has 2 rings (SSSR count). The number of hydrogen-bond acceptors (Lipinski definition) is 3. The van der Waals surface area contributed by atoms with Crippen LogP contribution >= 0.6 is 11.6 Å². The Labute approximate surface area is 83.1 Å². The van der Waals surface area contributed by atoms with Crippen LogP contribution in [0.5, 0.6) is 0 Å². The van der Waals surface area contributed by atoms with Crippen molar-refractivity contribution in [2.24, 2.45) is 0 Å². The molecule has 72 valence electrons. The number of halogens is 1. The second kappa shape index (κ2) is 2.99. The standard InChI is InChI=1S/C9H6ClNO3/c1-4-2-7-5(3-6(4)10)8(12)14-9(13)11-7/h2-3H,1H3,(H,11,13). The Hall–Kier alpha value is -1.55. The predicted molar refractivity (Wildman–Crippen MR) is 52.9 cm³/mol. The quantitative estimate of drug-likeness (QED) is 0.717. The molecule has 2 aromatic rings. The molecule has 14 heavy (non-hydrogen) atoms.